The predicted molar refractivity (Wildman–Crippen MR) is 169 cm³/mol. The second kappa shape index (κ2) is 9.21. The monoisotopic (exact) mass is 663 g/mol. The molecule has 0 aliphatic carbocycles. The molecule has 2 aliphatic heterocycles. The minimum Gasteiger partial charge on any atom is -0.414 e. The summed E-state index contributed by atoms with van der Waals surface area (Å²) >= 11 is 5.28. The van der Waals surface area contributed by atoms with Crippen LogP contribution < -0.4 is 0 Å². The van der Waals surface area contributed by atoms with E-state index in [1.165, 1.54) is 31.6 Å². The number of aryl methyl sites for hydroxylation is 2. The number of thiophene rings is 2. The molecule has 7 rings (SSSR count). The maximum absolute atomic E-state index is 17.3. The number of benzene rings is 2. The predicted octanol–water partition coefficient (Wildman–Crippen LogP) is 9.19. The second-order valence-corrected chi connectivity index (χ2v) is 13.3. The Kier molecular flexibility index (Phi) is 5.87. The Hall–Kier alpha value is -3.15. The summed E-state index contributed by atoms with van der Waals surface area (Å²) in [6.45, 7) is -0.298. The lowest BCUT2D eigenvalue weighted by atomic mass is 9.91. The third-order valence-electron chi connectivity index (χ3n) is 7.08. The van der Waals surface area contributed by atoms with Crippen LogP contribution in [0.15, 0.2) is 99.6 Å². The summed E-state index contributed by atoms with van der Waals surface area (Å²) in [4.78, 5) is 8.85. The van der Waals surface area contributed by atoms with Gasteiger partial charge in [-0.2, -0.15) is 0 Å². The molecule has 5 heterocycles. The van der Waals surface area contributed by atoms with Gasteiger partial charge in [-0.05, 0) is 82.9 Å². The standard InChI is InChI=1S/C30H21BF2IN3S2/c1-18-13-15-24(38-18)23-17-22(20-9-5-3-6-10-20)29-35-30-26(21-11-7-4-8-12-21)27(34)28(25-16-14-19(2)39-25)37(30)31(32,33)36(23)29/h3-17H,1-2H3. The molecule has 9 heteroatoms. The highest BCUT2D eigenvalue weighted by atomic mass is 127. The molecule has 3 nitrogen and oxygen atoms in total. The van der Waals surface area contributed by atoms with Crippen LogP contribution in [0.4, 0.5) is 14.4 Å². The summed E-state index contributed by atoms with van der Waals surface area (Å²) in [5.41, 5.74) is 4.17. The molecule has 0 atom stereocenters. The van der Waals surface area contributed by atoms with E-state index < -0.39 is 6.97 Å². The van der Waals surface area contributed by atoms with E-state index in [-0.39, 0.29) is 0 Å². The number of nitrogens with zero attached hydrogens (tertiary/aromatic N) is 3. The molecule has 0 saturated carbocycles. The lowest BCUT2D eigenvalue weighted by Gasteiger charge is -2.31. The number of allylic oxidation sites excluding steroid dienone is 1. The summed E-state index contributed by atoms with van der Waals surface area (Å²) in [5, 5.41) is 0. The van der Waals surface area contributed by atoms with Crippen molar-refractivity contribution >= 4 is 75.2 Å². The second-order valence-electron chi connectivity index (χ2n) is 9.62. The number of hydrogen-bond donors (Lipinski definition) is 0. The molecular formula is C30H21BF2IN3S2. The first kappa shape index (κ1) is 24.9. The summed E-state index contributed by atoms with van der Waals surface area (Å²) in [6, 6.07) is 29.1. The normalized spacial score (nSPS) is 16.0. The quantitative estimate of drug-likeness (QED) is 0.135. The van der Waals surface area contributed by atoms with E-state index in [9.17, 15) is 0 Å². The molecule has 0 amide bonds. The lowest BCUT2D eigenvalue weighted by Crippen LogP contribution is -2.53. The maximum Gasteiger partial charge on any atom is 0.642 e. The number of amidine groups is 1. The number of rotatable bonds is 4. The van der Waals surface area contributed by atoms with Crippen molar-refractivity contribution in [2.45, 2.75) is 13.8 Å². The van der Waals surface area contributed by atoms with Crippen LogP contribution in [0.3, 0.4) is 0 Å². The Bertz CT molecular complexity index is 1860. The van der Waals surface area contributed by atoms with Gasteiger partial charge in [0.1, 0.15) is 5.71 Å². The van der Waals surface area contributed by atoms with Crippen molar-refractivity contribution in [1.82, 2.24) is 4.48 Å². The Labute approximate surface area is 246 Å². The van der Waals surface area contributed by atoms with E-state index in [1.807, 2.05) is 105 Å². The zero-order chi connectivity index (χ0) is 26.9. The van der Waals surface area contributed by atoms with E-state index in [1.54, 1.807) is 0 Å². The smallest absolute Gasteiger partial charge is 0.414 e. The van der Waals surface area contributed by atoms with Gasteiger partial charge in [0.05, 0.1) is 14.0 Å². The number of halogens is 3. The Morgan fingerprint density at radius 1 is 0.795 bits per heavy atom. The fourth-order valence-electron chi connectivity index (χ4n) is 5.36. The van der Waals surface area contributed by atoms with Crippen molar-refractivity contribution in [1.29, 1.82) is 0 Å². The summed E-state index contributed by atoms with van der Waals surface area (Å²) in [5.74, 6) is 0.591. The fraction of sp³-hybridized carbons (Fsp3) is 0.0667. The third kappa shape index (κ3) is 3.85. The fourth-order valence-corrected chi connectivity index (χ4v) is 8.44. The minimum absolute atomic E-state index is 0.291. The van der Waals surface area contributed by atoms with Crippen molar-refractivity contribution in [3.8, 4) is 21.7 Å². The number of hydrogen-bond acceptors (Lipinski definition) is 3. The number of aliphatic imine (C=N–C) groups is 1. The van der Waals surface area contributed by atoms with Crippen molar-refractivity contribution in [3.63, 3.8) is 0 Å². The molecule has 0 unspecified atom stereocenters. The average Bonchev–Trinajstić information content (AvgIpc) is 3.70. The Morgan fingerprint density at radius 3 is 1.97 bits per heavy atom. The highest BCUT2D eigenvalue weighted by Crippen LogP contribution is 2.48. The van der Waals surface area contributed by atoms with Crippen LogP contribution in [0, 0.1) is 13.8 Å². The Morgan fingerprint density at radius 2 is 1.38 bits per heavy atom. The summed E-state index contributed by atoms with van der Waals surface area (Å²) in [6.07, 6.45) is 0. The SMILES string of the molecule is Cc1ccc(C2=[N+]3C(=Nc4c(-c5ccccc5)cc(-c5ccc(C)s5)n4[B-]3(F)F)C(c3ccccc3)=C2I)s1. The first-order chi connectivity index (χ1) is 18.8. The lowest BCUT2D eigenvalue weighted by molar-refractivity contribution is -0.291. The van der Waals surface area contributed by atoms with Crippen LogP contribution in [-0.4, -0.2) is 27.5 Å². The zero-order valence-corrected chi connectivity index (χ0v) is 24.8. The maximum atomic E-state index is 17.3. The van der Waals surface area contributed by atoms with Gasteiger partial charge in [0, 0.05) is 25.9 Å². The van der Waals surface area contributed by atoms with Gasteiger partial charge in [0.25, 0.3) is 5.84 Å². The largest absolute Gasteiger partial charge is 0.642 e. The van der Waals surface area contributed by atoms with Crippen LogP contribution in [-0.2, 0) is 0 Å². The molecule has 3 aromatic heterocycles. The molecule has 0 N–H and O–H groups in total. The molecule has 2 aromatic carbocycles. The highest BCUT2D eigenvalue weighted by molar-refractivity contribution is 14.1. The van der Waals surface area contributed by atoms with Crippen molar-refractivity contribution < 1.29 is 13.1 Å². The van der Waals surface area contributed by atoms with Crippen molar-refractivity contribution in [2.24, 2.45) is 4.99 Å². The zero-order valence-electron chi connectivity index (χ0n) is 21.0. The van der Waals surface area contributed by atoms with Gasteiger partial charge in [-0.3, -0.25) is 0 Å². The molecular weight excluding hydrogens is 642 g/mol. The number of fused-ring (bicyclic) bond motifs is 2. The van der Waals surface area contributed by atoms with Gasteiger partial charge in [-0.15, -0.1) is 22.7 Å². The third-order valence-corrected chi connectivity index (χ3v) is 10.2. The molecule has 39 heavy (non-hydrogen) atoms. The molecule has 0 bridgehead atoms. The molecule has 2 aliphatic rings. The Balaban J connectivity index is 1.59. The van der Waals surface area contributed by atoms with Crippen molar-refractivity contribution in [2.75, 3.05) is 0 Å². The van der Waals surface area contributed by atoms with Gasteiger partial charge in [-0.25, -0.2) is 0 Å². The average molecular weight is 663 g/mol. The minimum atomic E-state index is -4.29. The highest BCUT2D eigenvalue weighted by Gasteiger charge is 2.55. The van der Waals surface area contributed by atoms with Crippen LogP contribution in [0.1, 0.15) is 20.2 Å². The number of aromatic nitrogens is 1. The molecule has 5 aromatic rings. The van der Waals surface area contributed by atoms with E-state index in [2.05, 4.69) is 22.6 Å². The first-order valence-corrected chi connectivity index (χ1v) is 15.2. The molecule has 0 fully saturated rings. The van der Waals surface area contributed by atoms with Gasteiger partial charge in [-0.1, -0.05) is 60.7 Å². The molecule has 0 radical (unpaired) electrons. The van der Waals surface area contributed by atoms with E-state index >= 15 is 8.63 Å². The van der Waals surface area contributed by atoms with Crippen LogP contribution in [0.2, 0.25) is 0 Å². The van der Waals surface area contributed by atoms with E-state index in [0.29, 0.717) is 28.6 Å². The molecule has 0 spiro atoms. The van der Waals surface area contributed by atoms with Crippen LogP contribution in [0.5, 0.6) is 0 Å². The molecule has 192 valence electrons. The first-order valence-electron chi connectivity index (χ1n) is 12.5. The van der Waals surface area contributed by atoms with Crippen LogP contribution >= 0.6 is 45.3 Å². The summed E-state index contributed by atoms with van der Waals surface area (Å²) < 4.78 is 37.7. The van der Waals surface area contributed by atoms with Crippen molar-refractivity contribution in [3.05, 3.63) is 115 Å². The molecule has 0 saturated heterocycles. The topological polar surface area (TPSA) is 20.3 Å². The van der Waals surface area contributed by atoms with Gasteiger partial charge in [0.2, 0.25) is 5.82 Å². The van der Waals surface area contributed by atoms with Crippen LogP contribution in [0.25, 0.3) is 27.3 Å². The van der Waals surface area contributed by atoms with E-state index in [4.69, 9.17) is 4.99 Å². The van der Waals surface area contributed by atoms with Gasteiger partial charge >= 0.3 is 6.97 Å². The summed E-state index contributed by atoms with van der Waals surface area (Å²) in [7, 11) is 0. The van der Waals surface area contributed by atoms with E-state index in [0.717, 1.165) is 39.8 Å². The van der Waals surface area contributed by atoms with Gasteiger partial charge < -0.3 is 17.6 Å². The van der Waals surface area contributed by atoms with Gasteiger partial charge in [0.15, 0.2) is 0 Å².